The zero-order chi connectivity index (χ0) is 19.3. The summed E-state index contributed by atoms with van der Waals surface area (Å²) in [4.78, 5) is 11.5. The normalized spacial score (nSPS) is 12.2. The molecular weight excluding hydrogens is 342 g/mol. The second kappa shape index (κ2) is 12.4. The second-order valence-corrected chi connectivity index (χ2v) is 8.42. The van der Waals surface area contributed by atoms with Crippen molar-refractivity contribution in [2.45, 2.75) is 59.3 Å². The van der Waals surface area contributed by atoms with Crippen molar-refractivity contribution in [1.82, 2.24) is 0 Å². The van der Waals surface area contributed by atoms with E-state index in [0.717, 1.165) is 56.2 Å². The van der Waals surface area contributed by atoms with Gasteiger partial charge in [-0.15, -0.1) is 0 Å². The van der Waals surface area contributed by atoms with Gasteiger partial charge in [0.05, 0.1) is 38.5 Å². The van der Waals surface area contributed by atoms with Gasteiger partial charge in [0, 0.05) is 18.4 Å². The third kappa shape index (κ3) is 12.1. The first-order valence-electron chi connectivity index (χ1n) is 9.28. The van der Waals surface area contributed by atoms with Crippen molar-refractivity contribution in [3.05, 3.63) is 12.2 Å². The van der Waals surface area contributed by atoms with E-state index in [1.54, 1.807) is 6.92 Å². The zero-order valence-corrected chi connectivity index (χ0v) is 16.9. The van der Waals surface area contributed by atoms with Crippen LogP contribution in [0.15, 0.2) is 12.2 Å². The number of carbonyl (C=O) groups is 1. The van der Waals surface area contributed by atoms with Gasteiger partial charge in [-0.05, 0) is 19.8 Å². The Balaban J connectivity index is 4.78. The number of unbranched alkanes of at least 4 members (excludes halogenated alkanes) is 2. The SMILES string of the molecule is C=C(C)C(=O)OCCC[N+](CCCC)(CCCC)CCCS(=O)(=O)O. The third-order valence-corrected chi connectivity index (χ3v) is 5.17. The number of esters is 1. The molecule has 0 amide bonds. The quantitative estimate of drug-likeness (QED) is 0.156. The maximum absolute atomic E-state index is 11.5. The van der Waals surface area contributed by atoms with Gasteiger partial charge in [0.2, 0.25) is 0 Å². The van der Waals surface area contributed by atoms with E-state index in [0.29, 0.717) is 25.1 Å². The lowest BCUT2D eigenvalue weighted by atomic mass is 10.1. The minimum Gasteiger partial charge on any atom is -0.462 e. The van der Waals surface area contributed by atoms with E-state index in [2.05, 4.69) is 20.4 Å². The fraction of sp³-hybridized carbons (Fsp3) is 0.833. The van der Waals surface area contributed by atoms with Crippen LogP contribution >= 0.6 is 0 Å². The fourth-order valence-corrected chi connectivity index (χ4v) is 3.42. The van der Waals surface area contributed by atoms with Crippen molar-refractivity contribution >= 4 is 16.1 Å². The molecule has 0 saturated carbocycles. The van der Waals surface area contributed by atoms with Crippen molar-refractivity contribution in [3.63, 3.8) is 0 Å². The molecule has 0 aliphatic carbocycles. The molecule has 6 nitrogen and oxygen atoms in total. The van der Waals surface area contributed by atoms with Crippen LogP contribution in [0.3, 0.4) is 0 Å². The van der Waals surface area contributed by atoms with E-state index < -0.39 is 10.1 Å². The molecule has 0 spiro atoms. The Hall–Kier alpha value is -0.920. The van der Waals surface area contributed by atoms with Gasteiger partial charge >= 0.3 is 5.97 Å². The maximum atomic E-state index is 11.5. The summed E-state index contributed by atoms with van der Waals surface area (Å²) in [7, 11) is -3.92. The molecule has 0 atom stereocenters. The van der Waals surface area contributed by atoms with E-state index in [4.69, 9.17) is 9.29 Å². The zero-order valence-electron chi connectivity index (χ0n) is 16.1. The topological polar surface area (TPSA) is 80.7 Å². The minimum atomic E-state index is -3.92. The van der Waals surface area contributed by atoms with Gasteiger partial charge in [-0.3, -0.25) is 4.55 Å². The van der Waals surface area contributed by atoms with Crippen LogP contribution in [-0.4, -0.2) is 62.0 Å². The van der Waals surface area contributed by atoms with Crippen LogP contribution in [0.2, 0.25) is 0 Å². The van der Waals surface area contributed by atoms with Crippen LogP contribution in [0, 0.1) is 0 Å². The fourth-order valence-electron chi connectivity index (χ4n) is 2.93. The van der Waals surface area contributed by atoms with Crippen LogP contribution in [0.5, 0.6) is 0 Å². The highest BCUT2D eigenvalue weighted by Gasteiger charge is 2.26. The summed E-state index contributed by atoms with van der Waals surface area (Å²) in [5.74, 6) is -0.567. The summed E-state index contributed by atoms with van der Waals surface area (Å²) in [6, 6.07) is 0. The summed E-state index contributed by atoms with van der Waals surface area (Å²) >= 11 is 0. The van der Waals surface area contributed by atoms with Crippen molar-refractivity contribution in [1.29, 1.82) is 0 Å². The highest BCUT2D eigenvalue weighted by atomic mass is 32.2. The molecule has 0 fully saturated rings. The number of carbonyl (C=O) groups excluding carboxylic acids is 1. The predicted molar refractivity (Wildman–Crippen MR) is 101 cm³/mol. The Morgan fingerprint density at radius 3 is 1.92 bits per heavy atom. The van der Waals surface area contributed by atoms with Gasteiger partial charge in [-0.25, -0.2) is 4.79 Å². The van der Waals surface area contributed by atoms with Gasteiger partial charge in [0.25, 0.3) is 10.1 Å². The van der Waals surface area contributed by atoms with Crippen LogP contribution in [0.4, 0.5) is 0 Å². The summed E-state index contributed by atoms with van der Waals surface area (Å²) in [6.07, 6.45) is 5.47. The molecule has 0 heterocycles. The van der Waals surface area contributed by atoms with Crippen molar-refractivity contribution in [2.24, 2.45) is 0 Å². The summed E-state index contributed by atoms with van der Waals surface area (Å²) in [5, 5.41) is 0. The molecule has 25 heavy (non-hydrogen) atoms. The molecule has 0 bridgehead atoms. The van der Waals surface area contributed by atoms with E-state index in [1.165, 1.54) is 0 Å². The number of hydrogen-bond donors (Lipinski definition) is 1. The van der Waals surface area contributed by atoms with E-state index >= 15 is 0 Å². The van der Waals surface area contributed by atoms with Crippen LogP contribution in [-0.2, 0) is 19.6 Å². The van der Waals surface area contributed by atoms with Gasteiger partial charge in [0.15, 0.2) is 0 Å². The first-order chi connectivity index (χ1) is 11.7. The minimum absolute atomic E-state index is 0.199. The lowest BCUT2D eigenvalue weighted by Gasteiger charge is -2.39. The Morgan fingerprint density at radius 1 is 1.00 bits per heavy atom. The number of quaternary nitrogens is 1. The average molecular weight is 379 g/mol. The number of ether oxygens (including phenoxy) is 1. The number of rotatable bonds is 15. The molecule has 0 unspecified atom stereocenters. The molecule has 7 heteroatoms. The summed E-state index contributed by atoms with van der Waals surface area (Å²) in [5.41, 5.74) is 0.394. The molecule has 0 aromatic heterocycles. The molecule has 148 valence electrons. The van der Waals surface area contributed by atoms with Gasteiger partial charge < -0.3 is 9.22 Å². The van der Waals surface area contributed by atoms with Crippen LogP contribution < -0.4 is 0 Å². The first kappa shape index (κ1) is 24.1. The summed E-state index contributed by atoms with van der Waals surface area (Å²) < 4.78 is 37.1. The highest BCUT2D eigenvalue weighted by Crippen LogP contribution is 2.16. The monoisotopic (exact) mass is 378 g/mol. The van der Waals surface area contributed by atoms with Crippen molar-refractivity contribution in [3.8, 4) is 0 Å². The Morgan fingerprint density at radius 2 is 1.48 bits per heavy atom. The second-order valence-electron chi connectivity index (χ2n) is 6.85. The van der Waals surface area contributed by atoms with Crippen LogP contribution in [0.1, 0.15) is 59.3 Å². The predicted octanol–water partition coefficient (Wildman–Crippen LogP) is 3.19. The third-order valence-electron chi connectivity index (χ3n) is 4.37. The van der Waals surface area contributed by atoms with Crippen molar-refractivity contribution < 1.29 is 27.0 Å². The smallest absolute Gasteiger partial charge is 0.333 e. The molecule has 0 radical (unpaired) electrons. The maximum Gasteiger partial charge on any atom is 0.333 e. The number of hydrogen-bond acceptors (Lipinski definition) is 4. The Kier molecular flexibility index (Phi) is 12.0. The molecule has 0 saturated heterocycles. The van der Waals surface area contributed by atoms with Crippen molar-refractivity contribution in [2.75, 3.05) is 38.5 Å². The molecule has 0 aromatic rings. The molecule has 0 aliphatic heterocycles. The average Bonchev–Trinajstić information content (AvgIpc) is 2.53. The Bertz CT molecular complexity index is 494. The molecule has 1 N–H and O–H groups in total. The first-order valence-corrected chi connectivity index (χ1v) is 10.9. The summed E-state index contributed by atoms with van der Waals surface area (Å²) in [6.45, 7) is 13.3. The van der Waals surface area contributed by atoms with Crippen LogP contribution in [0.25, 0.3) is 0 Å². The van der Waals surface area contributed by atoms with Gasteiger partial charge in [0.1, 0.15) is 0 Å². The molecule has 0 aromatic carbocycles. The van der Waals surface area contributed by atoms with Gasteiger partial charge in [-0.1, -0.05) is 33.3 Å². The lowest BCUT2D eigenvalue weighted by Crippen LogP contribution is -2.51. The van der Waals surface area contributed by atoms with E-state index in [1.807, 2.05) is 0 Å². The van der Waals surface area contributed by atoms with E-state index in [9.17, 15) is 13.2 Å². The van der Waals surface area contributed by atoms with Gasteiger partial charge in [-0.2, -0.15) is 8.42 Å². The molecular formula is C18H36NO5S+. The Labute approximate surface area is 153 Å². The molecule has 0 aliphatic rings. The lowest BCUT2D eigenvalue weighted by molar-refractivity contribution is -0.928. The highest BCUT2D eigenvalue weighted by molar-refractivity contribution is 7.85. The standard InChI is InChI=1S/C18H35NO5S/c1-5-7-11-19(12-8-6-2,14-10-16-25(21,22)23)13-9-15-24-18(20)17(3)4/h3,5-16H2,1-2,4H3/p+1. The molecule has 0 rings (SSSR count). The number of nitrogens with zero attached hydrogens (tertiary/aromatic N) is 1. The van der Waals surface area contributed by atoms with E-state index in [-0.39, 0.29) is 11.7 Å². The largest absolute Gasteiger partial charge is 0.462 e.